The van der Waals surface area contributed by atoms with Gasteiger partial charge in [0.2, 0.25) is 0 Å². The van der Waals surface area contributed by atoms with Gasteiger partial charge in [0.1, 0.15) is 0 Å². The van der Waals surface area contributed by atoms with Crippen molar-refractivity contribution in [1.82, 2.24) is 0 Å². The SMILES string of the molecule is C=C[CH2-].C=C[CH2-].C=C[CH2-].[La+3]. The van der Waals surface area contributed by atoms with Gasteiger partial charge in [-0.2, -0.15) is 0 Å². The molecule has 0 aromatic carbocycles. The summed E-state index contributed by atoms with van der Waals surface area (Å²) in [5.41, 5.74) is 0. The zero-order valence-electron chi connectivity index (χ0n) is 6.55. The smallest absolute Gasteiger partial charge is 0.245 e. The third-order valence-corrected chi connectivity index (χ3v) is 0. The van der Waals surface area contributed by atoms with Gasteiger partial charge in [0.25, 0.3) is 0 Å². The van der Waals surface area contributed by atoms with E-state index in [-0.39, 0.29) is 35.6 Å². The molecule has 0 aliphatic carbocycles. The van der Waals surface area contributed by atoms with E-state index in [0.717, 1.165) is 0 Å². The Morgan fingerprint density at radius 3 is 0.700 bits per heavy atom. The predicted molar refractivity (Wildman–Crippen MR) is 46.7 cm³/mol. The molecule has 0 amide bonds. The van der Waals surface area contributed by atoms with Crippen LogP contribution in [0.4, 0.5) is 0 Å². The third kappa shape index (κ3) is 644000. The third-order valence-electron chi connectivity index (χ3n) is 0. The first-order chi connectivity index (χ1) is 4.24. The van der Waals surface area contributed by atoms with Gasteiger partial charge < -0.3 is 0 Å². The van der Waals surface area contributed by atoms with Gasteiger partial charge in [0.05, 0.1) is 0 Å². The second-order valence-electron chi connectivity index (χ2n) is 0.866. The van der Waals surface area contributed by atoms with Crippen molar-refractivity contribution in [2.24, 2.45) is 0 Å². The van der Waals surface area contributed by atoms with Crippen LogP contribution in [0.5, 0.6) is 0 Å². The molecule has 54 valence electrons. The van der Waals surface area contributed by atoms with E-state index in [1.54, 1.807) is 0 Å². The molecule has 0 aromatic rings. The van der Waals surface area contributed by atoms with E-state index in [1.165, 1.54) is 18.2 Å². The van der Waals surface area contributed by atoms with Gasteiger partial charge in [-0.05, 0) is 0 Å². The van der Waals surface area contributed by atoms with Crippen molar-refractivity contribution < 1.29 is 35.6 Å². The Kier molecular flexibility index (Phi) is 143. The van der Waals surface area contributed by atoms with E-state index in [1.807, 2.05) is 0 Å². The van der Waals surface area contributed by atoms with E-state index in [2.05, 4.69) is 40.5 Å². The topological polar surface area (TPSA) is 0 Å². The first-order valence-corrected chi connectivity index (χ1v) is 2.45. The monoisotopic (exact) mass is 262 g/mol. The minimum absolute atomic E-state index is 0. The molecule has 0 aliphatic heterocycles. The molecular formula is C9H15La. The standard InChI is InChI=1S/3C3H5.La/c3*1-3-2;/h3*3H,1-2H2;/q3*-1;+3. The van der Waals surface area contributed by atoms with Crippen molar-refractivity contribution >= 4 is 0 Å². The fourth-order valence-electron chi connectivity index (χ4n) is 0. The van der Waals surface area contributed by atoms with Crippen LogP contribution in [0.1, 0.15) is 0 Å². The Balaban J connectivity index is -0.0000000257. The molecule has 0 bridgehead atoms. The largest absolute Gasteiger partial charge is 3.00 e. The molecule has 0 aliphatic rings. The summed E-state index contributed by atoms with van der Waals surface area (Å²) in [5, 5.41) is 0. The first-order valence-electron chi connectivity index (χ1n) is 2.45. The minimum atomic E-state index is 0. The molecule has 0 heterocycles. The maximum atomic E-state index is 3.25. The predicted octanol–water partition coefficient (Wildman–Crippen LogP) is 3.02. The Bertz CT molecular complexity index is 41.5. The van der Waals surface area contributed by atoms with E-state index in [0.29, 0.717) is 0 Å². The van der Waals surface area contributed by atoms with E-state index < -0.39 is 0 Å². The molecule has 0 fully saturated rings. The van der Waals surface area contributed by atoms with Crippen molar-refractivity contribution in [2.75, 3.05) is 0 Å². The first kappa shape index (κ1) is 22.5. The molecule has 0 nitrogen and oxygen atoms in total. The van der Waals surface area contributed by atoms with Gasteiger partial charge in [-0.3, -0.25) is 0 Å². The van der Waals surface area contributed by atoms with E-state index in [4.69, 9.17) is 0 Å². The average Bonchev–Trinajstić information content (AvgIpc) is 1.70. The summed E-state index contributed by atoms with van der Waals surface area (Å²) in [6.07, 6.45) is 4.50. The van der Waals surface area contributed by atoms with Crippen molar-refractivity contribution in [3.63, 3.8) is 0 Å². The van der Waals surface area contributed by atoms with Gasteiger partial charge in [-0.15, -0.1) is 0 Å². The van der Waals surface area contributed by atoms with Gasteiger partial charge >= 0.3 is 35.6 Å². The molecule has 0 saturated carbocycles. The van der Waals surface area contributed by atoms with Crippen LogP contribution in [0.2, 0.25) is 0 Å². The van der Waals surface area contributed by atoms with Crippen molar-refractivity contribution in [1.29, 1.82) is 0 Å². The van der Waals surface area contributed by atoms with Crippen LogP contribution >= 0.6 is 0 Å². The molecule has 0 atom stereocenters. The van der Waals surface area contributed by atoms with Gasteiger partial charge in [-0.25, -0.2) is 58.7 Å². The maximum absolute atomic E-state index is 3.25. The van der Waals surface area contributed by atoms with Crippen molar-refractivity contribution in [3.05, 3.63) is 58.7 Å². The summed E-state index contributed by atoms with van der Waals surface area (Å²) in [4.78, 5) is 0. The Labute approximate surface area is 93.7 Å². The Morgan fingerprint density at radius 2 is 0.700 bits per heavy atom. The summed E-state index contributed by atoms with van der Waals surface area (Å²) in [6.45, 7) is 19.5. The van der Waals surface area contributed by atoms with Crippen molar-refractivity contribution in [2.45, 2.75) is 0 Å². The minimum Gasteiger partial charge on any atom is -0.245 e. The molecule has 0 rings (SSSR count). The molecule has 0 aromatic heterocycles. The van der Waals surface area contributed by atoms with Crippen LogP contribution in [0.25, 0.3) is 0 Å². The number of rotatable bonds is 0. The summed E-state index contributed by atoms with van der Waals surface area (Å²) < 4.78 is 0. The summed E-state index contributed by atoms with van der Waals surface area (Å²) in [6, 6.07) is 0. The number of allylic oxidation sites excluding steroid dienone is 3. The molecule has 0 radical (unpaired) electrons. The molecule has 0 spiro atoms. The van der Waals surface area contributed by atoms with Crippen LogP contribution in [0.3, 0.4) is 0 Å². The van der Waals surface area contributed by atoms with Crippen LogP contribution < -0.4 is 0 Å². The molecule has 10 heavy (non-hydrogen) atoms. The maximum Gasteiger partial charge on any atom is 3.00 e. The van der Waals surface area contributed by atoms with Crippen LogP contribution in [-0.4, -0.2) is 0 Å². The fraction of sp³-hybridized carbons (Fsp3) is 0. The van der Waals surface area contributed by atoms with E-state index >= 15 is 0 Å². The second kappa shape index (κ2) is 63.5. The number of hydrogen-bond acceptors (Lipinski definition) is 0. The zero-order chi connectivity index (χ0) is 8.12. The van der Waals surface area contributed by atoms with Crippen LogP contribution in [0.15, 0.2) is 38.0 Å². The Hall–Kier alpha value is 0.0248. The second-order valence-corrected chi connectivity index (χ2v) is 0.866. The van der Waals surface area contributed by atoms with Gasteiger partial charge in [0, 0.05) is 0 Å². The van der Waals surface area contributed by atoms with Gasteiger partial charge in [0.15, 0.2) is 0 Å². The van der Waals surface area contributed by atoms with Crippen LogP contribution in [0, 0.1) is 56.4 Å². The quantitative estimate of drug-likeness (QED) is 0.589. The number of hydrogen-bond donors (Lipinski definition) is 0. The fourth-order valence-corrected chi connectivity index (χ4v) is 0. The Morgan fingerprint density at radius 1 is 0.700 bits per heavy atom. The van der Waals surface area contributed by atoms with Crippen LogP contribution in [-0.2, 0) is 0 Å². The van der Waals surface area contributed by atoms with Gasteiger partial charge in [-0.1, -0.05) is 0 Å². The molecule has 0 saturated heterocycles. The van der Waals surface area contributed by atoms with E-state index in [9.17, 15) is 0 Å². The normalized spacial score (nSPS) is 3.60. The summed E-state index contributed by atoms with van der Waals surface area (Å²) >= 11 is 0. The molecule has 0 N–H and O–H groups in total. The average molecular weight is 262 g/mol. The summed E-state index contributed by atoms with van der Waals surface area (Å²) in [5.74, 6) is 0. The summed E-state index contributed by atoms with van der Waals surface area (Å²) in [7, 11) is 0. The molecule has 0 unspecified atom stereocenters. The molecular weight excluding hydrogens is 247 g/mol. The zero-order valence-corrected chi connectivity index (χ0v) is 10.2. The molecule has 1 heteroatoms. The van der Waals surface area contributed by atoms with Crippen molar-refractivity contribution in [3.8, 4) is 0 Å².